The average Bonchev–Trinajstić information content (AvgIpc) is 2.94. The number of nitrogens with two attached hydrogens (primary N) is 1. The maximum Gasteiger partial charge on any atom is 0.160 e. The van der Waals surface area contributed by atoms with Crippen molar-refractivity contribution in [3.63, 3.8) is 0 Å². The molecule has 0 heterocycles. The van der Waals surface area contributed by atoms with Gasteiger partial charge in [0.2, 0.25) is 0 Å². The van der Waals surface area contributed by atoms with Gasteiger partial charge in [0, 0.05) is 6.04 Å². The molecule has 112 valence electrons. The van der Waals surface area contributed by atoms with Gasteiger partial charge in [-0.25, -0.2) is 0 Å². The second-order valence-corrected chi connectivity index (χ2v) is 5.43. The third-order valence-electron chi connectivity index (χ3n) is 4.23. The van der Waals surface area contributed by atoms with Gasteiger partial charge in [-0.05, 0) is 56.0 Å². The van der Waals surface area contributed by atoms with Crippen LogP contribution in [-0.4, -0.2) is 33.4 Å². The van der Waals surface area contributed by atoms with E-state index in [2.05, 4.69) is 17.4 Å². The lowest BCUT2D eigenvalue weighted by atomic mass is 10.0. The Morgan fingerprint density at radius 2 is 2.00 bits per heavy atom. The smallest absolute Gasteiger partial charge is 0.160 e. The third-order valence-corrected chi connectivity index (χ3v) is 4.23. The predicted octanol–water partition coefficient (Wildman–Crippen LogP) is 1.96. The summed E-state index contributed by atoms with van der Waals surface area (Å²) in [6, 6.07) is 6.71. The minimum atomic E-state index is 0.597. The molecular formula is C16H26N2O2. The summed E-state index contributed by atoms with van der Waals surface area (Å²) in [5.41, 5.74) is 7.07. The Morgan fingerprint density at radius 1 is 1.20 bits per heavy atom. The first-order valence-electron chi connectivity index (χ1n) is 7.42. The van der Waals surface area contributed by atoms with Crippen molar-refractivity contribution in [3.05, 3.63) is 23.8 Å². The number of benzene rings is 1. The molecule has 1 saturated carbocycles. The molecule has 0 aliphatic heterocycles. The van der Waals surface area contributed by atoms with Crippen molar-refractivity contribution in [3.8, 4) is 11.5 Å². The van der Waals surface area contributed by atoms with Crippen LogP contribution in [0.15, 0.2) is 18.2 Å². The third kappa shape index (κ3) is 3.64. The standard InChI is InChI=1S/C16H26N2O2/c1-19-15-7-6-12(10-16(15)20-2)8-9-18-14-5-3-4-13(14)11-17/h6-7,10,13-14,18H,3-5,8-9,11,17H2,1-2H3. The molecule has 20 heavy (non-hydrogen) atoms. The van der Waals surface area contributed by atoms with E-state index in [4.69, 9.17) is 15.2 Å². The van der Waals surface area contributed by atoms with E-state index in [1.165, 1.54) is 24.8 Å². The van der Waals surface area contributed by atoms with E-state index in [0.717, 1.165) is 31.0 Å². The van der Waals surface area contributed by atoms with Gasteiger partial charge in [-0.3, -0.25) is 0 Å². The summed E-state index contributed by atoms with van der Waals surface area (Å²) in [5.74, 6) is 2.23. The van der Waals surface area contributed by atoms with Crippen LogP contribution in [0.1, 0.15) is 24.8 Å². The van der Waals surface area contributed by atoms with Gasteiger partial charge in [-0.15, -0.1) is 0 Å². The summed E-state index contributed by atoms with van der Waals surface area (Å²) < 4.78 is 10.6. The van der Waals surface area contributed by atoms with Crippen LogP contribution in [0.3, 0.4) is 0 Å². The number of rotatable bonds is 7. The lowest BCUT2D eigenvalue weighted by molar-refractivity contribution is 0.354. The second kappa shape index (κ2) is 7.50. The minimum absolute atomic E-state index is 0.597. The Kier molecular flexibility index (Phi) is 5.68. The first kappa shape index (κ1) is 15.1. The molecule has 4 nitrogen and oxygen atoms in total. The molecule has 0 radical (unpaired) electrons. The molecule has 2 atom stereocenters. The SMILES string of the molecule is COc1ccc(CCNC2CCCC2CN)cc1OC. The zero-order chi connectivity index (χ0) is 14.4. The molecule has 1 aromatic carbocycles. The summed E-state index contributed by atoms with van der Waals surface area (Å²) in [6.07, 6.45) is 4.82. The number of ether oxygens (including phenoxy) is 2. The Bertz CT molecular complexity index is 423. The lowest BCUT2D eigenvalue weighted by Crippen LogP contribution is -2.37. The van der Waals surface area contributed by atoms with Crippen LogP contribution in [0, 0.1) is 5.92 Å². The first-order valence-corrected chi connectivity index (χ1v) is 7.42. The molecule has 0 bridgehead atoms. The van der Waals surface area contributed by atoms with Crippen molar-refractivity contribution in [1.29, 1.82) is 0 Å². The van der Waals surface area contributed by atoms with Crippen LogP contribution in [0.25, 0.3) is 0 Å². The summed E-state index contributed by atoms with van der Waals surface area (Å²) in [4.78, 5) is 0. The molecule has 0 saturated heterocycles. The maximum atomic E-state index is 5.81. The second-order valence-electron chi connectivity index (χ2n) is 5.43. The van der Waals surface area contributed by atoms with E-state index in [0.29, 0.717) is 12.0 Å². The molecule has 1 fully saturated rings. The largest absolute Gasteiger partial charge is 0.493 e. The highest BCUT2D eigenvalue weighted by molar-refractivity contribution is 5.42. The molecule has 1 aromatic rings. The summed E-state index contributed by atoms with van der Waals surface area (Å²) >= 11 is 0. The molecule has 4 heteroatoms. The van der Waals surface area contributed by atoms with Crippen LogP contribution in [-0.2, 0) is 6.42 Å². The van der Waals surface area contributed by atoms with Gasteiger partial charge in [-0.2, -0.15) is 0 Å². The number of hydrogen-bond donors (Lipinski definition) is 2. The molecule has 2 rings (SSSR count). The fraction of sp³-hybridized carbons (Fsp3) is 0.625. The predicted molar refractivity (Wildman–Crippen MR) is 81.4 cm³/mol. The van der Waals surface area contributed by atoms with Crippen LogP contribution in [0.5, 0.6) is 11.5 Å². The Morgan fingerprint density at radius 3 is 2.70 bits per heavy atom. The van der Waals surface area contributed by atoms with E-state index in [1.807, 2.05) is 6.07 Å². The molecule has 0 aromatic heterocycles. The zero-order valence-electron chi connectivity index (χ0n) is 12.5. The Hall–Kier alpha value is -1.26. The Balaban J connectivity index is 1.85. The quantitative estimate of drug-likeness (QED) is 0.800. The van der Waals surface area contributed by atoms with Gasteiger partial charge in [0.05, 0.1) is 14.2 Å². The molecule has 0 amide bonds. The molecule has 2 unspecified atom stereocenters. The summed E-state index contributed by atoms with van der Waals surface area (Å²) in [6.45, 7) is 1.78. The fourth-order valence-corrected chi connectivity index (χ4v) is 3.03. The van der Waals surface area contributed by atoms with Crippen LogP contribution in [0.4, 0.5) is 0 Å². The van der Waals surface area contributed by atoms with Gasteiger partial charge in [0.15, 0.2) is 11.5 Å². The molecule has 3 N–H and O–H groups in total. The summed E-state index contributed by atoms with van der Waals surface area (Å²) in [5, 5.41) is 3.65. The zero-order valence-corrected chi connectivity index (χ0v) is 12.5. The van der Waals surface area contributed by atoms with Crippen molar-refractivity contribution in [2.45, 2.75) is 31.7 Å². The number of hydrogen-bond acceptors (Lipinski definition) is 4. The molecule has 1 aliphatic rings. The van der Waals surface area contributed by atoms with E-state index < -0.39 is 0 Å². The van der Waals surface area contributed by atoms with Gasteiger partial charge >= 0.3 is 0 Å². The fourth-order valence-electron chi connectivity index (χ4n) is 3.03. The van der Waals surface area contributed by atoms with Crippen molar-refractivity contribution in [2.24, 2.45) is 11.7 Å². The van der Waals surface area contributed by atoms with Crippen molar-refractivity contribution >= 4 is 0 Å². The van der Waals surface area contributed by atoms with Gasteiger partial charge < -0.3 is 20.5 Å². The number of nitrogens with one attached hydrogen (secondary N) is 1. The van der Waals surface area contributed by atoms with E-state index >= 15 is 0 Å². The molecule has 0 spiro atoms. The van der Waals surface area contributed by atoms with Gasteiger partial charge in [0.1, 0.15) is 0 Å². The normalized spacial score (nSPS) is 21.9. The van der Waals surface area contributed by atoms with Gasteiger partial charge in [0.25, 0.3) is 0 Å². The highest BCUT2D eigenvalue weighted by Crippen LogP contribution is 2.28. The van der Waals surface area contributed by atoms with Crippen LogP contribution < -0.4 is 20.5 Å². The monoisotopic (exact) mass is 278 g/mol. The molecular weight excluding hydrogens is 252 g/mol. The molecule has 1 aliphatic carbocycles. The lowest BCUT2D eigenvalue weighted by Gasteiger charge is -2.19. The highest BCUT2D eigenvalue weighted by atomic mass is 16.5. The first-order chi connectivity index (χ1) is 9.78. The van der Waals surface area contributed by atoms with E-state index in [9.17, 15) is 0 Å². The average molecular weight is 278 g/mol. The van der Waals surface area contributed by atoms with Crippen LogP contribution >= 0.6 is 0 Å². The van der Waals surface area contributed by atoms with Crippen molar-refractivity contribution < 1.29 is 9.47 Å². The highest BCUT2D eigenvalue weighted by Gasteiger charge is 2.25. The summed E-state index contributed by atoms with van der Waals surface area (Å²) in [7, 11) is 3.33. The number of methoxy groups -OCH3 is 2. The Labute approximate surface area is 121 Å². The topological polar surface area (TPSA) is 56.5 Å². The van der Waals surface area contributed by atoms with Crippen LogP contribution in [0.2, 0.25) is 0 Å². The van der Waals surface area contributed by atoms with E-state index in [-0.39, 0.29) is 0 Å². The maximum absolute atomic E-state index is 5.81. The van der Waals surface area contributed by atoms with Gasteiger partial charge in [-0.1, -0.05) is 12.5 Å². The van der Waals surface area contributed by atoms with Crippen molar-refractivity contribution in [1.82, 2.24) is 5.32 Å². The van der Waals surface area contributed by atoms with E-state index in [1.54, 1.807) is 14.2 Å². The van der Waals surface area contributed by atoms with Crippen molar-refractivity contribution in [2.75, 3.05) is 27.3 Å². The minimum Gasteiger partial charge on any atom is -0.493 e.